The summed E-state index contributed by atoms with van der Waals surface area (Å²) in [6.07, 6.45) is 2.54. The van der Waals surface area contributed by atoms with Crippen molar-refractivity contribution in [3.05, 3.63) is 11.9 Å². The first-order chi connectivity index (χ1) is 5.70. The van der Waals surface area contributed by atoms with Gasteiger partial charge in [0, 0.05) is 12.6 Å². The van der Waals surface area contributed by atoms with Crippen LogP contribution in [-0.2, 0) is 0 Å². The average Bonchev–Trinajstić information content (AvgIpc) is 2.08. The first-order valence-electron chi connectivity index (χ1n) is 4.78. The molecule has 0 atom stereocenters. The van der Waals surface area contributed by atoms with Crippen LogP contribution in [0.5, 0.6) is 0 Å². The van der Waals surface area contributed by atoms with E-state index in [1.807, 2.05) is 13.8 Å². The maximum atomic E-state index is 12.6. The van der Waals surface area contributed by atoms with Gasteiger partial charge in [-0.2, -0.15) is 0 Å². The van der Waals surface area contributed by atoms with Crippen molar-refractivity contribution in [2.24, 2.45) is 0 Å². The Labute approximate surface area is 75.3 Å². The Kier molecular flexibility index (Phi) is 5.99. The highest BCUT2D eigenvalue weighted by molar-refractivity contribution is 4.99. The molecule has 0 fully saturated rings. The molecule has 0 aliphatic carbocycles. The van der Waals surface area contributed by atoms with E-state index >= 15 is 0 Å². The Morgan fingerprint density at radius 2 is 2.00 bits per heavy atom. The Morgan fingerprint density at radius 1 is 1.42 bits per heavy atom. The van der Waals surface area contributed by atoms with Crippen molar-refractivity contribution in [2.75, 3.05) is 13.1 Å². The van der Waals surface area contributed by atoms with Crippen LogP contribution in [0.2, 0.25) is 0 Å². The Morgan fingerprint density at radius 3 is 2.33 bits per heavy atom. The van der Waals surface area contributed by atoms with Crippen molar-refractivity contribution in [1.29, 1.82) is 0 Å². The second-order valence-corrected chi connectivity index (χ2v) is 3.00. The second kappa shape index (κ2) is 6.18. The summed E-state index contributed by atoms with van der Waals surface area (Å²) < 4.78 is 12.6. The Bertz CT molecular complexity index is 141. The van der Waals surface area contributed by atoms with Crippen LogP contribution < -0.4 is 0 Å². The molecule has 0 saturated carbocycles. The first-order valence-corrected chi connectivity index (χ1v) is 4.78. The zero-order valence-corrected chi connectivity index (χ0v) is 8.60. The van der Waals surface area contributed by atoms with Crippen molar-refractivity contribution < 1.29 is 4.39 Å². The van der Waals surface area contributed by atoms with Gasteiger partial charge in [0.1, 0.15) is 5.83 Å². The summed E-state index contributed by atoms with van der Waals surface area (Å²) in [5.41, 5.74) is 0. The lowest BCUT2D eigenvalue weighted by Gasteiger charge is -2.27. The van der Waals surface area contributed by atoms with Gasteiger partial charge in [0.2, 0.25) is 0 Å². The molecule has 0 spiro atoms. The molecule has 1 aliphatic heterocycles. The van der Waals surface area contributed by atoms with Crippen LogP contribution in [0, 0.1) is 0 Å². The SMILES string of the molecule is CC.CC(C)N1CCC=C(F)C1. The van der Waals surface area contributed by atoms with Gasteiger partial charge >= 0.3 is 0 Å². The van der Waals surface area contributed by atoms with Crippen molar-refractivity contribution in [3.8, 4) is 0 Å². The van der Waals surface area contributed by atoms with Crippen LogP contribution in [0.1, 0.15) is 34.1 Å². The van der Waals surface area contributed by atoms with E-state index in [9.17, 15) is 4.39 Å². The molecule has 0 amide bonds. The van der Waals surface area contributed by atoms with Crippen LogP contribution in [-0.4, -0.2) is 24.0 Å². The van der Waals surface area contributed by atoms with Gasteiger partial charge in [-0.25, -0.2) is 4.39 Å². The van der Waals surface area contributed by atoms with Crippen molar-refractivity contribution in [1.82, 2.24) is 4.90 Å². The van der Waals surface area contributed by atoms with Crippen LogP contribution in [0.25, 0.3) is 0 Å². The van der Waals surface area contributed by atoms with Crippen LogP contribution in [0.15, 0.2) is 11.9 Å². The van der Waals surface area contributed by atoms with Crippen molar-refractivity contribution in [3.63, 3.8) is 0 Å². The van der Waals surface area contributed by atoms with Gasteiger partial charge in [0.05, 0.1) is 6.54 Å². The lowest BCUT2D eigenvalue weighted by molar-refractivity contribution is 0.218. The number of hydrogen-bond acceptors (Lipinski definition) is 1. The number of halogens is 1. The molecule has 72 valence electrons. The molecule has 0 aromatic heterocycles. The summed E-state index contributed by atoms with van der Waals surface area (Å²) in [5.74, 6) is 0.0277. The third kappa shape index (κ3) is 3.86. The first kappa shape index (κ1) is 11.6. The van der Waals surface area contributed by atoms with E-state index in [0.29, 0.717) is 12.6 Å². The predicted molar refractivity (Wildman–Crippen MR) is 51.9 cm³/mol. The fourth-order valence-electron chi connectivity index (χ4n) is 1.17. The average molecular weight is 173 g/mol. The van der Waals surface area contributed by atoms with E-state index < -0.39 is 0 Å². The van der Waals surface area contributed by atoms with E-state index in [2.05, 4.69) is 18.7 Å². The third-order valence-corrected chi connectivity index (χ3v) is 1.87. The third-order valence-electron chi connectivity index (χ3n) is 1.87. The van der Waals surface area contributed by atoms with Gasteiger partial charge in [-0.05, 0) is 20.3 Å². The highest BCUT2D eigenvalue weighted by Gasteiger charge is 2.13. The van der Waals surface area contributed by atoms with E-state index in [4.69, 9.17) is 0 Å². The van der Waals surface area contributed by atoms with E-state index in [0.717, 1.165) is 13.0 Å². The Hall–Kier alpha value is -0.370. The fourth-order valence-corrected chi connectivity index (χ4v) is 1.17. The van der Waals surface area contributed by atoms with Gasteiger partial charge in [-0.3, -0.25) is 4.90 Å². The quantitative estimate of drug-likeness (QED) is 0.589. The van der Waals surface area contributed by atoms with E-state index in [1.165, 1.54) is 0 Å². The minimum atomic E-state index is 0.0277. The number of nitrogens with zero attached hydrogens (tertiary/aromatic N) is 1. The molecule has 2 heteroatoms. The topological polar surface area (TPSA) is 3.24 Å². The summed E-state index contributed by atoms with van der Waals surface area (Å²) in [5, 5.41) is 0. The maximum Gasteiger partial charge on any atom is 0.110 e. The van der Waals surface area contributed by atoms with Gasteiger partial charge in [0.25, 0.3) is 0 Å². The van der Waals surface area contributed by atoms with Crippen molar-refractivity contribution in [2.45, 2.75) is 40.2 Å². The molecule has 0 unspecified atom stereocenters. The molecule has 0 bridgehead atoms. The molecule has 12 heavy (non-hydrogen) atoms. The second-order valence-electron chi connectivity index (χ2n) is 3.00. The minimum Gasteiger partial charge on any atom is -0.294 e. The standard InChI is InChI=1S/C8H14FN.C2H6/c1-7(2)10-5-3-4-8(9)6-10;1-2/h4,7H,3,5-6H2,1-2H3;1-2H3. The molecule has 0 aromatic carbocycles. The number of hydrogen-bond donors (Lipinski definition) is 0. The largest absolute Gasteiger partial charge is 0.294 e. The number of rotatable bonds is 1. The van der Waals surface area contributed by atoms with Gasteiger partial charge < -0.3 is 0 Å². The monoisotopic (exact) mass is 173 g/mol. The van der Waals surface area contributed by atoms with Gasteiger partial charge in [-0.1, -0.05) is 19.9 Å². The zero-order chi connectivity index (χ0) is 9.56. The van der Waals surface area contributed by atoms with Crippen LogP contribution in [0.4, 0.5) is 4.39 Å². The predicted octanol–water partition coefficient (Wildman–Crippen LogP) is 2.98. The van der Waals surface area contributed by atoms with Gasteiger partial charge in [-0.15, -0.1) is 0 Å². The molecule has 0 saturated heterocycles. The maximum absolute atomic E-state index is 12.6. The minimum absolute atomic E-state index is 0.0277. The Balaban J connectivity index is 0.000000561. The summed E-state index contributed by atoms with van der Waals surface area (Å²) in [7, 11) is 0. The highest BCUT2D eigenvalue weighted by Crippen LogP contribution is 2.12. The van der Waals surface area contributed by atoms with E-state index in [1.54, 1.807) is 6.08 Å². The zero-order valence-electron chi connectivity index (χ0n) is 8.60. The molecule has 0 radical (unpaired) electrons. The molecular formula is C10H20FN. The van der Waals surface area contributed by atoms with Crippen LogP contribution >= 0.6 is 0 Å². The molecule has 1 nitrogen and oxygen atoms in total. The summed E-state index contributed by atoms with van der Waals surface area (Å²) in [6, 6.07) is 0.472. The van der Waals surface area contributed by atoms with Gasteiger partial charge in [0.15, 0.2) is 0 Å². The summed E-state index contributed by atoms with van der Waals surface area (Å²) in [4.78, 5) is 2.13. The van der Waals surface area contributed by atoms with E-state index in [-0.39, 0.29) is 5.83 Å². The molecule has 1 aliphatic rings. The lowest BCUT2D eigenvalue weighted by atomic mass is 10.2. The summed E-state index contributed by atoms with van der Waals surface area (Å²) in [6.45, 7) is 9.71. The normalized spacial score (nSPS) is 18.3. The highest BCUT2D eigenvalue weighted by atomic mass is 19.1. The summed E-state index contributed by atoms with van der Waals surface area (Å²) >= 11 is 0. The lowest BCUT2D eigenvalue weighted by Crippen LogP contribution is -2.34. The van der Waals surface area contributed by atoms with Crippen LogP contribution in [0.3, 0.4) is 0 Å². The molecule has 1 rings (SSSR count). The fraction of sp³-hybridized carbons (Fsp3) is 0.800. The molecule has 1 heterocycles. The van der Waals surface area contributed by atoms with Crippen molar-refractivity contribution >= 4 is 0 Å². The molecule has 0 aromatic rings. The molecular weight excluding hydrogens is 153 g/mol. The smallest absolute Gasteiger partial charge is 0.110 e. The molecule has 0 N–H and O–H groups in total.